The first kappa shape index (κ1) is 15.6. The Kier molecular flexibility index (Phi) is 4.24. The second-order valence-corrected chi connectivity index (χ2v) is 7.44. The molecule has 1 fully saturated rings. The van der Waals surface area contributed by atoms with Crippen LogP contribution in [-0.4, -0.2) is 53.0 Å². The number of carbonyl (C=O) groups excluding carboxylic acids is 1. The van der Waals surface area contributed by atoms with Gasteiger partial charge in [-0.3, -0.25) is 9.69 Å². The van der Waals surface area contributed by atoms with Crippen LogP contribution in [0.1, 0.15) is 16.3 Å². The fourth-order valence-electron chi connectivity index (χ4n) is 3.36. The number of hydrogen-bond donors (Lipinski definition) is 0. The Morgan fingerprint density at radius 2 is 2.08 bits per heavy atom. The summed E-state index contributed by atoms with van der Waals surface area (Å²) in [6.07, 6.45) is 0.336. The standard InChI is InChI=1S/C18H21N3O2S/c1-13-19-15(12-24-13)11-20-6-8-21(9-7-20)18(22)17-10-14-4-2-3-5-16(14)23-17/h2-5,12,17H,6-11H2,1H3/t17-/m1/s1. The van der Waals surface area contributed by atoms with Crippen molar-refractivity contribution in [3.63, 3.8) is 0 Å². The second kappa shape index (κ2) is 6.53. The Morgan fingerprint density at radius 3 is 2.79 bits per heavy atom. The summed E-state index contributed by atoms with van der Waals surface area (Å²) in [6, 6.07) is 7.92. The molecule has 2 aromatic rings. The van der Waals surface area contributed by atoms with Crippen molar-refractivity contribution >= 4 is 17.2 Å². The van der Waals surface area contributed by atoms with E-state index < -0.39 is 0 Å². The van der Waals surface area contributed by atoms with Gasteiger partial charge in [0.15, 0.2) is 6.10 Å². The van der Waals surface area contributed by atoms with E-state index in [0.717, 1.165) is 54.7 Å². The molecule has 1 amide bonds. The van der Waals surface area contributed by atoms with Gasteiger partial charge in [-0.25, -0.2) is 4.98 Å². The summed E-state index contributed by atoms with van der Waals surface area (Å²) in [7, 11) is 0. The van der Waals surface area contributed by atoms with E-state index in [0.29, 0.717) is 6.42 Å². The highest BCUT2D eigenvalue weighted by atomic mass is 32.1. The van der Waals surface area contributed by atoms with Gasteiger partial charge in [-0.15, -0.1) is 11.3 Å². The number of hydrogen-bond acceptors (Lipinski definition) is 5. The van der Waals surface area contributed by atoms with Crippen LogP contribution in [0, 0.1) is 6.92 Å². The van der Waals surface area contributed by atoms with Gasteiger partial charge in [-0.1, -0.05) is 18.2 Å². The van der Waals surface area contributed by atoms with Gasteiger partial charge in [-0.2, -0.15) is 0 Å². The zero-order valence-corrected chi connectivity index (χ0v) is 14.6. The fourth-order valence-corrected chi connectivity index (χ4v) is 3.96. The minimum atomic E-state index is -0.352. The van der Waals surface area contributed by atoms with Crippen molar-refractivity contribution in [2.24, 2.45) is 0 Å². The van der Waals surface area contributed by atoms with E-state index in [1.54, 1.807) is 11.3 Å². The van der Waals surface area contributed by atoms with Crippen LogP contribution < -0.4 is 4.74 Å². The molecular formula is C18H21N3O2S. The Morgan fingerprint density at radius 1 is 1.29 bits per heavy atom. The zero-order valence-electron chi connectivity index (χ0n) is 13.8. The highest BCUT2D eigenvalue weighted by molar-refractivity contribution is 7.09. The van der Waals surface area contributed by atoms with Gasteiger partial charge in [0.2, 0.25) is 0 Å². The third-order valence-electron chi connectivity index (χ3n) is 4.66. The lowest BCUT2D eigenvalue weighted by molar-refractivity contribution is -0.139. The van der Waals surface area contributed by atoms with Gasteiger partial charge < -0.3 is 9.64 Å². The van der Waals surface area contributed by atoms with E-state index >= 15 is 0 Å². The summed E-state index contributed by atoms with van der Waals surface area (Å²) >= 11 is 1.69. The van der Waals surface area contributed by atoms with Crippen LogP contribution in [0.3, 0.4) is 0 Å². The summed E-state index contributed by atoms with van der Waals surface area (Å²) in [5.74, 6) is 0.976. The SMILES string of the molecule is Cc1nc(CN2CCN(C(=O)[C@H]3Cc4ccccc4O3)CC2)cs1. The lowest BCUT2D eigenvalue weighted by atomic mass is 10.1. The van der Waals surface area contributed by atoms with Crippen LogP contribution in [0.15, 0.2) is 29.6 Å². The second-order valence-electron chi connectivity index (χ2n) is 6.38. The number of piperazine rings is 1. The predicted octanol–water partition coefficient (Wildman–Crippen LogP) is 2.10. The lowest BCUT2D eigenvalue weighted by Gasteiger charge is -2.35. The van der Waals surface area contributed by atoms with Crippen molar-refractivity contribution in [3.05, 3.63) is 45.9 Å². The van der Waals surface area contributed by atoms with E-state index in [4.69, 9.17) is 4.74 Å². The van der Waals surface area contributed by atoms with Crippen LogP contribution in [0.4, 0.5) is 0 Å². The molecule has 0 saturated carbocycles. The first-order chi connectivity index (χ1) is 11.7. The number of aryl methyl sites for hydroxylation is 1. The molecule has 3 heterocycles. The van der Waals surface area contributed by atoms with Crippen molar-refractivity contribution < 1.29 is 9.53 Å². The van der Waals surface area contributed by atoms with Gasteiger partial charge in [-0.05, 0) is 18.6 Å². The van der Waals surface area contributed by atoms with E-state index in [1.165, 1.54) is 0 Å². The molecule has 0 aliphatic carbocycles. The predicted molar refractivity (Wildman–Crippen MR) is 93.3 cm³/mol. The maximum atomic E-state index is 12.7. The number of fused-ring (bicyclic) bond motifs is 1. The van der Waals surface area contributed by atoms with Gasteiger partial charge in [0.05, 0.1) is 10.7 Å². The van der Waals surface area contributed by atoms with Gasteiger partial charge in [0, 0.05) is 44.5 Å². The monoisotopic (exact) mass is 343 g/mol. The van der Waals surface area contributed by atoms with Crippen LogP contribution in [0.2, 0.25) is 0 Å². The zero-order chi connectivity index (χ0) is 16.5. The molecule has 0 bridgehead atoms. The number of carbonyl (C=O) groups is 1. The van der Waals surface area contributed by atoms with Crippen molar-refractivity contribution in [3.8, 4) is 5.75 Å². The molecule has 24 heavy (non-hydrogen) atoms. The minimum absolute atomic E-state index is 0.121. The van der Waals surface area contributed by atoms with E-state index in [1.807, 2.05) is 36.1 Å². The lowest BCUT2D eigenvalue weighted by Crippen LogP contribution is -2.51. The van der Waals surface area contributed by atoms with E-state index in [9.17, 15) is 4.79 Å². The molecule has 1 atom stereocenters. The highest BCUT2D eigenvalue weighted by Crippen LogP contribution is 2.29. The van der Waals surface area contributed by atoms with Gasteiger partial charge >= 0.3 is 0 Å². The topological polar surface area (TPSA) is 45.7 Å². The molecule has 2 aliphatic rings. The number of ether oxygens (including phenoxy) is 1. The largest absolute Gasteiger partial charge is 0.480 e. The smallest absolute Gasteiger partial charge is 0.264 e. The quantitative estimate of drug-likeness (QED) is 0.856. The Labute approximate surface area is 145 Å². The third kappa shape index (κ3) is 3.16. The molecule has 4 rings (SSSR count). The number of rotatable bonds is 3. The first-order valence-electron chi connectivity index (χ1n) is 8.36. The summed E-state index contributed by atoms with van der Waals surface area (Å²) in [5.41, 5.74) is 2.26. The van der Waals surface area contributed by atoms with Crippen molar-refractivity contribution in [2.45, 2.75) is 26.0 Å². The molecule has 1 aromatic carbocycles. The maximum Gasteiger partial charge on any atom is 0.264 e. The highest BCUT2D eigenvalue weighted by Gasteiger charge is 2.33. The molecule has 1 saturated heterocycles. The summed E-state index contributed by atoms with van der Waals surface area (Å²) < 4.78 is 5.83. The van der Waals surface area contributed by atoms with Crippen LogP contribution >= 0.6 is 11.3 Å². The minimum Gasteiger partial charge on any atom is -0.480 e. The molecule has 0 spiro atoms. The van der Waals surface area contributed by atoms with E-state index in [-0.39, 0.29) is 12.0 Å². The Hall–Kier alpha value is -1.92. The molecule has 5 nitrogen and oxygen atoms in total. The number of benzene rings is 1. The normalized spacial score (nSPS) is 20.7. The molecule has 6 heteroatoms. The number of thiazole rings is 1. The molecule has 0 N–H and O–H groups in total. The Balaban J connectivity index is 1.31. The molecule has 2 aliphatic heterocycles. The molecule has 0 radical (unpaired) electrons. The molecule has 1 aromatic heterocycles. The number of amides is 1. The number of para-hydroxylation sites is 1. The first-order valence-corrected chi connectivity index (χ1v) is 9.24. The van der Waals surface area contributed by atoms with Crippen molar-refractivity contribution in [2.75, 3.05) is 26.2 Å². The average Bonchev–Trinajstić information content (AvgIpc) is 3.21. The van der Waals surface area contributed by atoms with Crippen LogP contribution in [-0.2, 0) is 17.8 Å². The molecular weight excluding hydrogens is 322 g/mol. The Bertz CT molecular complexity index is 712. The fraction of sp³-hybridized carbons (Fsp3) is 0.444. The van der Waals surface area contributed by atoms with Gasteiger partial charge in [0.1, 0.15) is 5.75 Å². The van der Waals surface area contributed by atoms with E-state index in [2.05, 4.69) is 15.3 Å². The van der Waals surface area contributed by atoms with Crippen LogP contribution in [0.5, 0.6) is 5.75 Å². The number of aromatic nitrogens is 1. The maximum absolute atomic E-state index is 12.7. The summed E-state index contributed by atoms with van der Waals surface area (Å²) in [4.78, 5) is 21.5. The van der Waals surface area contributed by atoms with Crippen molar-refractivity contribution in [1.82, 2.24) is 14.8 Å². The molecule has 0 unspecified atom stereocenters. The summed E-state index contributed by atoms with van der Waals surface area (Å²) in [6.45, 7) is 6.21. The average molecular weight is 343 g/mol. The number of nitrogens with zero attached hydrogens (tertiary/aromatic N) is 3. The third-order valence-corrected chi connectivity index (χ3v) is 5.48. The van der Waals surface area contributed by atoms with Crippen LogP contribution in [0.25, 0.3) is 0 Å². The molecule has 126 valence electrons. The summed E-state index contributed by atoms with van der Waals surface area (Å²) in [5, 5.41) is 3.23. The van der Waals surface area contributed by atoms with Crippen molar-refractivity contribution in [1.29, 1.82) is 0 Å². The van der Waals surface area contributed by atoms with Gasteiger partial charge in [0.25, 0.3) is 5.91 Å².